The van der Waals surface area contributed by atoms with Crippen LogP contribution < -0.4 is 20.6 Å². The van der Waals surface area contributed by atoms with Gasteiger partial charge in [0.05, 0.1) is 11.0 Å². The first-order chi connectivity index (χ1) is 10.5. The molecule has 0 atom stereocenters. The lowest BCUT2D eigenvalue weighted by molar-refractivity contribution is -0.274. The van der Waals surface area contributed by atoms with Crippen LogP contribution in [-0.2, 0) is 0 Å². The molecule has 3 rings (SSSR count). The molecule has 0 bridgehead atoms. The van der Waals surface area contributed by atoms with E-state index in [0.29, 0.717) is 5.82 Å². The maximum Gasteiger partial charge on any atom is 0.573 e. The molecule has 0 saturated heterocycles. The summed E-state index contributed by atoms with van der Waals surface area (Å²) in [6.07, 6.45) is 1.26. The Labute approximate surface area is 124 Å². The average Bonchev–Trinajstić information content (AvgIpc) is 2.48. The number of pyridine rings is 1. The maximum absolute atomic E-state index is 12.4. The summed E-state index contributed by atoms with van der Waals surface area (Å²) in [4.78, 5) is 4.41. The van der Waals surface area contributed by atoms with Gasteiger partial charge in [0.15, 0.2) is 5.75 Å². The van der Waals surface area contributed by atoms with Crippen LogP contribution in [0.3, 0.4) is 0 Å². The molecule has 1 aliphatic rings. The molecule has 0 spiro atoms. The molecular formula is C16H13F3N2O. The number of halogens is 3. The smallest absolute Gasteiger partial charge is 0.404 e. The van der Waals surface area contributed by atoms with Crippen LogP contribution in [0.4, 0.5) is 24.7 Å². The fourth-order valence-electron chi connectivity index (χ4n) is 2.27. The highest BCUT2D eigenvalue weighted by Crippen LogP contribution is 2.31. The van der Waals surface area contributed by atoms with E-state index in [1.54, 1.807) is 12.1 Å². The van der Waals surface area contributed by atoms with Gasteiger partial charge in [-0.05, 0) is 42.3 Å². The third-order valence-corrected chi connectivity index (χ3v) is 3.20. The predicted octanol–water partition coefficient (Wildman–Crippen LogP) is 3.08. The lowest BCUT2D eigenvalue weighted by Crippen LogP contribution is -2.30. The Hall–Kier alpha value is -2.50. The van der Waals surface area contributed by atoms with Crippen LogP contribution in [0.2, 0.25) is 0 Å². The first-order valence-electron chi connectivity index (χ1n) is 6.80. The second-order valence-corrected chi connectivity index (χ2v) is 4.83. The number of anilines is 2. The minimum absolute atomic E-state index is 0.215. The number of benzene rings is 1. The number of nitrogens with one attached hydrogen (secondary N) is 1. The Bertz CT molecular complexity index is 800. The van der Waals surface area contributed by atoms with Crippen LogP contribution in [0.1, 0.15) is 12.8 Å². The summed E-state index contributed by atoms with van der Waals surface area (Å²) >= 11 is 0. The summed E-state index contributed by atoms with van der Waals surface area (Å²) in [6.45, 7) is 0. The molecule has 2 aromatic rings. The number of fused-ring (bicyclic) bond motifs is 1. The number of nitrogens with zero attached hydrogens (tertiary/aromatic N) is 1. The van der Waals surface area contributed by atoms with Crippen LogP contribution in [0.25, 0.3) is 12.2 Å². The number of hydrogen-bond acceptors (Lipinski definition) is 3. The summed E-state index contributed by atoms with van der Waals surface area (Å²) in [7, 11) is 0. The fourth-order valence-corrected chi connectivity index (χ4v) is 2.27. The van der Waals surface area contributed by atoms with Crippen molar-refractivity contribution in [2.24, 2.45) is 0 Å². The van der Waals surface area contributed by atoms with Crippen molar-refractivity contribution in [1.29, 1.82) is 0 Å². The molecule has 1 aliphatic carbocycles. The number of aromatic nitrogens is 1. The van der Waals surface area contributed by atoms with Gasteiger partial charge in [-0.1, -0.05) is 24.3 Å². The molecule has 1 N–H and O–H groups in total. The molecule has 0 saturated carbocycles. The van der Waals surface area contributed by atoms with Crippen LogP contribution >= 0.6 is 0 Å². The molecule has 1 heterocycles. The average molecular weight is 306 g/mol. The van der Waals surface area contributed by atoms with Crippen LogP contribution in [0.15, 0.2) is 36.4 Å². The number of para-hydroxylation sites is 2. The minimum Gasteiger partial charge on any atom is -0.404 e. The summed E-state index contributed by atoms with van der Waals surface area (Å²) in [5.41, 5.74) is 0.215. The van der Waals surface area contributed by atoms with E-state index in [1.165, 1.54) is 18.2 Å². The fraction of sp³-hybridized carbons (Fsp3) is 0.188. The monoisotopic (exact) mass is 306 g/mol. The molecule has 1 aromatic carbocycles. The molecular weight excluding hydrogens is 293 g/mol. The topological polar surface area (TPSA) is 34.1 Å². The third kappa shape index (κ3) is 3.39. The molecule has 0 amide bonds. The highest BCUT2D eigenvalue weighted by atomic mass is 19.4. The Morgan fingerprint density at radius 1 is 1.00 bits per heavy atom. The summed E-state index contributed by atoms with van der Waals surface area (Å²) in [5, 5.41) is 4.75. The van der Waals surface area contributed by atoms with Crippen molar-refractivity contribution in [1.82, 2.24) is 4.98 Å². The quantitative estimate of drug-likeness (QED) is 0.946. The molecule has 0 aliphatic heterocycles. The number of rotatable bonds is 3. The number of alkyl halides is 3. The van der Waals surface area contributed by atoms with Gasteiger partial charge in [0, 0.05) is 0 Å². The van der Waals surface area contributed by atoms with E-state index >= 15 is 0 Å². The molecule has 22 heavy (non-hydrogen) atoms. The van der Waals surface area contributed by atoms with Crippen molar-refractivity contribution in [2.75, 3.05) is 5.32 Å². The van der Waals surface area contributed by atoms with E-state index < -0.39 is 6.36 Å². The number of ether oxygens (including phenoxy) is 1. The Morgan fingerprint density at radius 3 is 2.59 bits per heavy atom. The van der Waals surface area contributed by atoms with E-state index in [0.717, 1.165) is 23.4 Å². The molecule has 114 valence electrons. The van der Waals surface area contributed by atoms with E-state index in [9.17, 15) is 13.2 Å². The summed E-state index contributed by atoms with van der Waals surface area (Å²) < 4.78 is 41.2. The third-order valence-electron chi connectivity index (χ3n) is 3.20. The van der Waals surface area contributed by atoms with Crippen molar-refractivity contribution >= 4 is 23.7 Å². The van der Waals surface area contributed by atoms with Gasteiger partial charge in [0.25, 0.3) is 0 Å². The standard InChI is InChI=1S/C16H13F3N2O/c17-16(18,19)22-14-8-4-3-7-13(14)21-15-10-9-11-5-1-2-6-12(11)20-15/h3-10H,1-2H2,(H,20,21). The van der Waals surface area contributed by atoms with Crippen molar-refractivity contribution in [3.05, 3.63) is 47.0 Å². The minimum atomic E-state index is -4.73. The van der Waals surface area contributed by atoms with Gasteiger partial charge >= 0.3 is 6.36 Å². The largest absolute Gasteiger partial charge is 0.573 e. The Balaban J connectivity index is 1.91. The van der Waals surface area contributed by atoms with Gasteiger partial charge in [0.2, 0.25) is 0 Å². The first-order valence-corrected chi connectivity index (χ1v) is 6.80. The van der Waals surface area contributed by atoms with E-state index in [-0.39, 0.29) is 11.4 Å². The van der Waals surface area contributed by atoms with Gasteiger partial charge in [-0.2, -0.15) is 0 Å². The highest BCUT2D eigenvalue weighted by Gasteiger charge is 2.32. The summed E-state index contributed by atoms with van der Waals surface area (Å²) in [6, 6.07) is 9.51. The molecule has 1 aromatic heterocycles. The van der Waals surface area contributed by atoms with Crippen LogP contribution in [0, 0.1) is 0 Å². The van der Waals surface area contributed by atoms with Gasteiger partial charge < -0.3 is 10.1 Å². The van der Waals surface area contributed by atoms with Crippen molar-refractivity contribution in [3.8, 4) is 5.75 Å². The molecule has 0 fully saturated rings. The van der Waals surface area contributed by atoms with Gasteiger partial charge in [-0.15, -0.1) is 13.2 Å². The van der Waals surface area contributed by atoms with Crippen molar-refractivity contribution in [2.45, 2.75) is 19.2 Å². The zero-order valence-electron chi connectivity index (χ0n) is 11.5. The van der Waals surface area contributed by atoms with Crippen LogP contribution in [0.5, 0.6) is 5.75 Å². The predicted molar refractivity (Wildman–Crippen MR) is 78.1 cm³/mol. The van der Waals surface area contributed by atoms with Crippen molar-refractivity contribution in [3.63, 3.8) is 0 Å². The normalized spacial score (nSPS) is 13.6. The number of hydrogen-bond donors (Lipinski definition) is 1. The summed E-state index contributed by atoms with van der Waals surface area (Å²) in [5.74, 6) is 0.189. The van der Waals surface area contributed by atoms with Gasteiger partial charge in [0.1, 0.15) is 5.82 Å². The first kappa shape index (κ1) is 14.4. The van der Waals surface area contributed by atoms with Gasteiger partial charge in [-0.3, -0.25) is 0 Å². The Morgan fingerprint density at radius 2 is 1.77 bits per heavy atom. The van der Waals surface area contributed by atoms with E-state index in [2.05, 4.69) is 21.1 Å². The SMILES string of the molecule is FC(F)(F)Oc1ccccc1Nc1ccc2c(n1)=CCCC=2. The van der Waals surface area contributed by atoms with E-state index in [4.69, 9.17) is 0 Å². The van der Waals surface area contributed by atoms with Gasteiger partial charge in [-0.25, -0.2) is 4.98 Å². The highest BCUT2D eigenvalue weighted by molar-refractivity contribution is 5.64. The second kappa shape index (κ2) is 5.71. The zero-order valence-corrected chi connectivity index (χ0v) is 11.5. The van der Waals surface area contributed by atoms with Crippen molar-refractivity contribution < 1.29 is 17.9 Å². The molecule has 0 radical (unpaired) electrons. The molecule has 0 unspecified atom stereocenters. The Kier molecular flexibility index (Phi) is 3.75. The second-order valence-electron chi connectivity index (χ2n) is 4.83. The zero-order chi connectivity index (χ0) is 15.6. The maximum atomic E-state index is 12.4. The molecule has 6 heteroatoms. The lowest BCUT2D eigenvalue weighted by atomic mass is 10.1. The lowest BCUT2D eigenvalue weighted by Gasteiger charge is -2.14. The van der Waals surface area contributed by atoms with E-state index in [1.807, 2.05) is 12.1 Å². The van der Waals surface area contributed by atoms with Crippen LogP contribution in [-0.4, -0.2) is 11.3 Å². The molecule has 3 nitrogen and oxygen atoms in total.